The second-order valence-electron chi connectivity index (χ2n) is 3.29. The van der Waals surface area contributed by atoms with E-state index < -0.39 is 11.1 Å². The molecule has 0 bridgehead atoms. The summed E-state index contributed by atoms with van der Waals surface area (Å²) < 4.78 is 42.1. The van der Waals surface area contributed by atoms with Gasteiger partial charge < -0.3 is 4.74 Å². The Morgan fingerprint density at radius 3 is 2.47 bits per heavy atom. The Balaban J connectivity index is 2.30. The van der Waals surface area contributed by atoms with Crippen LogP contribution >= 0.6 is 11.3 Å². The molecule has 0 saturated carbocycles. The largest absolute Gasteiger partial charge is 0.481 e. The second kappa shape index (κ2) is 4.37. The van der Waals surface area contributed by atoms with Crippen LogP contribution in [0.4, 0.5) is 13.2 Å². The Labute approximate surface area is 99.7 Å². The van der Waals surface area contributed by atoms with Crippen molar-refractivity contribution in [2.24, 2.45) is 0 Å². The Bertz CT molecular complexity index is 504. The number of hydrogen-bond donors (Lipinski definition) is 0. The summed E-state index contributed by atoms with van der Waals surface area (Å²) in [6.07, 6.45) is -2.80. The molecule has 0 spiro atoms. The van der Waals surface area contributed by atoms with Gasteiger partial charge in [0, 0.05) is 17.8 Å². The molecule has 0 atom stereocenters. The molecule has 2 heterocycles. The van der Waals surface area contributed by atoms with Crippen LogP contribution in [0.25, 0.3) is 11.1 Å². The smallest absolute Gasteiger partial charge is 0.425 e. The minimum atomic E-state index is -4.29. The first-order valence-corrected chi connectivity index (χ1v) is 5.55. The van der Waals surface area contributed by atoms with Crippen molar-refractivity contribution in [2.45, 2.75) is 6.18 Å². The third kappa shape index (κ3) is 2.58. The van der Waals surface area contributed by atoms with Crippen LogP contribution in [-0.4, -0.2) is 12.1 Å². The quantitative estimate of drug-likeness (QED) is 0.817. The first-order chi connectivity index (χ1) is 8.00. The van der Waals surface area contributed by atoms with E-state index in [1.807, 2.05) is 0 Å². The van der Waals surface area contributed by atoms with Gasteiger partial charge in [-0.05, 0) is 23.1 Å². The number of nitrogens with zero attached hydrogens (tertiary/aromatic N) is 1. The van der Waals surface area contributed by atoms with Crippen molar-refractivity contribution in [3.8, 4) is 17.0 Å². The van der Waals surface area contributed by atoms with Crippen molar-refractivity contribution in [2.75, 3.05) is 7.11 Å². The van der Waals surface area contributed by atoms with Crippen molar-refractivity contribution in [1.29, 1.82) is 0 Å². The van der Waals surface area contributed by atoms with Gasteiger partial charge in [0.25, 0.3) is 0 Å². The van der Waals surface area contributed by atoms with E-state index in [9.17, 15) is 13.2 Å². The molecule has 0 amide bonds. The summed E-state index contributed by atoms with van der Waals surface area (Å²) in [5.74, 6) is 0.431. The SMILES string of the molecule is COc1ccc(-c2csc(C(F)(F)F)c2)cn1. The Hall–Kier alpha value is -1.56. The van der Waals surface area contributed by atoms with Gasteiger partial charge in [-0.2, -0.15) is 13.2 Å². The average molecular weight is 259 g/mol. The summed E-state index contributed by atoms with van der Waals surface area (Å²) in [5, 5.41) is 1.46. The summed E-state index contributed by atoms with van der Waals surface area (Å²) in [6, 6.07) is 4.41. The van der Waals surface area contributed by atoms with Gasteiger partial charge in [0.05, 0.1) is 7.11 Å². The normalized spacial score (nSPS) is 11.5. The van der Waals surface area contributed by atoms with E-state index in [4.69, 9.17) is 4.74 Å². The summed E-state index contributed by atoms with van der Waals surface area (Å²) in [4.78, 5) is 3.34. The minimum Gasteiger partial charge on any atom is -0.481 e. The highest BCUT2D eigenvalue weighted by Gasteiger charge is 2.32. The molecule has 2 rings (SSSR count). The van der Waals surface area contributed by atoms with Crippen molar-refractivity contribution in [1.82, 2.24) is 4.98 Å². The lowest BCUT2D eigenvalue weighted by Gasteiger charge is -2.01. The molecule has 0 N–H and O–H groups in total. The molecule has 17 heavy (non-hydrogen) atoms. The fourth-order valence-corrected chi connectivity index (χ4v) is 2.09. The topological polar surface area (TPSA) is 22.1 Å². The van der Waals surface area contributed by atoms with Crippen molar-refractivity contribution in [3.63, 3.8) is 0 Å². The van der Waals surface area contributed by atoms with Crippen LogP contribution in [-0.2, 0) is 6.18 Å². The monoisotopic (exact) mass is 259 g/mol. The van der Waals surface area contributed by atoms with Gasteiger partial charge >= 0.3 is 6.18 Å². The average Bonchev–Trinajstić information content (AvgIpc) is 2.78. The number of ether oxygens (including phenoxy) is 1. The maximum atomic E-state index is 12.4. The third-order valence-electron chi connectivity index (χ3n) is 2.16. The summed E-state index contributed by atoms with van der Waals surface area (Å²) >= 11 is 0.677. The fraction of sp³-hybridized carbons (Fsp3) is 0.182. The predicted octanol–water partition coefficient (Wildman–Crippen LogP) is 3.84. The molecule has 90 valence electrons. The highest BCUT2D eigenvalue weighted by atomic mass is 32.1. The van der Waals surface area contributed by atoms with E-state index in [1.54, 1.807) is 12.1 Å². The molecule has 0 aromatic carbocycles. The van der Waals surface area contributed by atoms with Crippen molar-refractivity contribution >= 4 is 11.3 Å². The first kappa shape index (κ1) is 11.9. The summed E-state index contributed by atoms with van der Waals surface area (Å²) in [5.41, 5.74) is 1.15. The number of pyridine rings is 1. The number of thiophene rings is 1. The maximum absolute atomic E-state index is 12.4. The van der Waals surface area contributed by atoms with Crippen LogP contribution < -0.4 is 4.74 Å². The zero-order valence-corrected chi connectivity index (χ0v) is 9.60. The predicted molar refractivity (Wildman–Crippen MR) is 59.1 cm³/mol. The van der Waals surface area contributed by atoms with Crippen molar-refractivity contribution in [3.05, 3.63) is 34.7 Å². The van der Waals surface area contributed by atoms with Crippen molar-refractivity contribution < 1.29 is 17.9 Å². The maximum Gasteiger partial charge on any atom is 0.425 e. The van der Waals surface area contributed by atoms with Crippen LogP contribution in [0.2, 0.25) is 0 Å². The van der Waals surface area contributed by atoms with Gasteiger partial charge in [-0.3, -0.25) is 0 Å². The molecule has 0 unspecified atom stereocenters. The van der Waals surface area contributed by atoms with E-state index in [-0.39, 0.29) is 0 Å². The molecular formula is C11H8F3NOS. The lowest BCUT2D eigenvalue weighted by atomic mass is 10.1. The summed E-state index contributed by atoms with van der Waals surface area (Å²) in [6.45, 7) is 0. The Morgan fingerprint density at radius 1 is 1.24 bits per heavy atom. The Morgan fingerprint density at radius 2 is 2.00 bits per heavy atom. The molecule has 2 nitrogen and oxygen atoms in total. The number of rotatable bonds is 2. The Kier molecular flexibility index (Phi) is 3.06. The van der Waals surface area contributed by atoms with Crippen LogP contribution in [0.15, 0.2) is 29.8 Å². The van der Waals surface area contributed by atoms with Gasteiger partial charge in [-0.25, -0.2) is 4.98 Å². The number of methoxy groups -OCH3 is 1. The van der Waals surface area contributed by atoms with E-state index in [0.717, 1.165) is 6.07 Å². The lowest BCUT2D eigenvalue weighted by Crippen LogP contribution is -2.00. The molecule has 0 aliphatic rings. The molecule has 0 fully saturated rings. The molecule has 2 aromatic rings. The second-order valence-corrected chi connectivity index (χ2v) is 4.20. The third-order valence-corrected chi connectivity index (χ3v) is 3.13. The molecule has 0 radical (unpaired) electrons. The van der Waals surface area contributed by atoms with Gasteiger partial charge in [0.2, 0.25) is 5.88 Å². The zero-order valence-electron chi connectivity index (χ0n) is 8.78. The molecular weight excluding hydrogens is 251 g/mol. The van der Waals surface area contributed by atoms with Crippen LogP contribution in [0.3, 0.4) is 0 Å². The molecule has 0 saturated heterocycles. The van der Waals surface area contributed by atoms with Crippen LogP contribution in [0.1, 0.15) is 4.88 Å². The van der Waals surface area contributed by atoms with Gasteiger partial charge in [-0.1, -0.05) is 0 Å². The minimum absolute atomic E-state index is 0.431. The molecule has 0 aliphatic carbocycles. The number of aromatic nitrogens is 1. The highest BCUT2D eigenvalue weighted by Crippen LogP contribution is 2.37. The van der Waals surface area contributed by atoms with Crippen LogP contribution in [0, 0.1) is 0 Å². The number of alkyl halides is 3. The van der Waals surface area contributed by atoms with Gasteiger partial charge in [0.15, 0.2) is 0 Å². The molecule has 6 heteroatoms. The first-order valence-electron chi connectivity index (χ1n) is 4.67. The molecule has 2 aromatic heterocycles. The standard InChI is InChI=1S/C11H8F3NOS/c1-16-10-3-2-7(5-15-10)8-4-9(17-6-8)11(12,13)14/h2-6H,1H3. The van der Waals surface area contributed by atoms with Gasteiger partial charge in [0.1, 0.15) is 4.88 Å². The lowest BCUT2D eigenvalue weighted by molar-refractivity contribution is -0.134. The highest BCUT2D eigenvalue weighted by molar-refractivity contribution is 7.10. The fourth-order valence-electron chi connectivity index (χ4n) is 1.31. The van der Waals surface area contributed by atoms with E-state index >= 15 is 0 Å². The zero-order chi connectivity index (χ0) is 12.5. The van der Waals surface area contributed by atoms with E-state index in [0.29, 0.717) is 28.3 Å². The number of hydrogen-bond acceptors (Lipinski definition) is 3. The van der Waals surface area contributed by atoms with E-state index in [2.05, 4.69) is 4.98 Å². The number of halogens is 3. The van der Waals surface area contributed by atoms with E-state index in [1.165, 1.54) is 18.7 Å². The van der Waals surface area contributed by atoms with Crippen LogP contribution in [0.5, 0.6) is 5.88 Å². The summed E-state index contributed by atoms with van der Waals surface area (Å²) in [7, 11) is 1.48. The molecule has 0 aliphatic heterocycles. The van der Waals surface area contributed by atoms with Gasteiger partial charge in [-0.15, -0.1) is 11.3 Å².